The fourth-order valence-electron chi connectivity index (χ4n) is 4.05. The summed E-state index contributed by atoms with van der Waals surface area (Å²) in [5.74, 6) is 1.60. The van der Waals surface area contributed by atoms with Crippen LogP contribution in [0.25, 0.3) is 0 Å². The molecule has 0 unspecified atom stereocenters. The number of hydrogen-bond donors (Lipinski definition) is 3. The Balaban J connectivity index is 1.84. The second-order valence-corrected chi connectivity index (χ2v) is 11.4. The zero-order valence-corrected chi connectivity index (χ0v) is 23.6. The number of allylic oxidation sites excluding steroid dienone is 1. The fraction of sp³-hybridized carbons (Fsp3) is 0.481. The topological polar surface area (TPSA) is 126 Å². The fourth-order valence-corrected chi connectivity index (χ4v) is 4.82. The van der Waals surface area contributed by atoms with Gasteiger partial charge in [-0.3, -0.25) is 9.69 Å². The quantitative estimate of drug-likeness (QED) is 0.261. The monoisotopic (exact) mass is 524 g/mol. The van der Waals surface area contributed by atoms with Gasteiger partial charge in [0.15, 0.2) is 11.0 Å². The van der Waals surface area contributed by atoms with E-state index in [-0.39, 0.29) is 11.4 Å². The molecule has 0 spiro atoms. The lowest BCUT2D eigenvalue weighted by molar-refractivity contribution is -0.115. The third-order valence-corrected chi connectivity index (χ3v) is 7.23. The molecule has 9 nitrogen and oxygen atoms in total. The van der Waals surface area contributed by atoms with Crippen molar-refractivity contribution < 1.29 is 4.79 Å². The Labute approximate surface area is 224 Å². The lowest BCUT2D eigenvalue weighted by Crippen LogP contribution is -2.50. The van der Waals surface area contributed by atoms with Crippen molar-refractivity contribution in [3.8, 4) is 0 Å². The van der Waals surface area contributed by atoms with Crippen molar-refractivity contribution in [3.05, 3.63) is 42.1 Å². The van der Waals surface area contributed by atoms with Crippen molar-refractivity contribution in [1.29, 1.82) is 0 Å². The largest absolute Gasteiger partial charge is 0.402 e. The molecule has 10 heteroatoms. The Morgan fingerprint density at radius 3 is 2.43 bits per heavy atom. The van der Waals surface area contributed by atoms with Crippen LogP contribution in [0.5, 0.6) is 0 Å². The van der Waals surface area contributed by atoms with E-state index < -0.39 is 0 Å². The van der Waals surface area contributed by atoms with Crippen molar-refractivity contribution in [1.82, 2.24) is 14.9 Å². The third kappa shape index (κ3) is 8.46. The van der Waals surface area contributed by atoms with Crippen molar-refractivity contribution in [2.75, 3.05) is 30.4 Å². The predicted octanol–water partition coefficient (Wildman–Crippen LogP) is 4.53. The second-order valence-electron chi connectivity index (χ2n) is 10.3. The van der Waals surface area contributed by atoms with E-state index in [0.717, 1.165) is 42.3 Å². The van der Waals surface area contributed by atoms with E-state index in [9.17, 15) is 4.79 Å². The van der Waals surface area contributed by atoms with Crippen molar-refractivity contribution in [2.24, 2.45) is 16.5 Å². The van der Waals surface area contributed by atoms with Crippen LogP contribution in [-0.4, -0.2) is 58.3 Å². The number of nitrogens with zero attached hydrogens (tertiary/aromatic N) is 5. The van der Waals surface area contributed by atoms with Crippen LogP contribution in [0.15, 0.2) is 57.1 Å². The molecule has 0 radical (unpaired) electrons. The minimum absolute atomic E-state index is 0.0178. The SMILES string of the molecule is CCC(=O)Nc1ccc(Sc2nc(N=C(N)C=C(C)N)cc(N3CCC(N(C)C(C)(C)C)CC3)n2)cc1. The number of anilines is 2. The highest BCUT2D eigenvalue weighted by Gasteiger charge is 2.29. The first-order chi connectivity index (χ1) is 17.4. The van der Waals surface area contributed by atoms with Gasteiger partial charge >= 0.3 is 0 Å². The maximum absolute atomic E-state index is 11.7. The van der Waals surface area contributed by atoms with Gasteiger partial charge in [0.05, 0.1) is 0 Å². The second kappa shape index (κ2) is 12.4. The molecule has 1 aromatic carbocycles. The van der Waals surface area contributed by atoms with Gasteiger partial charge in [0.1, 0.15) is 11.7 Å². The van der Waals surface area contributed by atoms with Crippen LogP contribution < -0.4 is 21.7 Å². The lowest BCUT2D eigenvalue weighted by Gasteiger charge is -2.43. The van der Waals surface area contributed by atoms with E-state index in [2.05, 4.69) is 52.9 Å². The van der Waals surface area contributed by atoms with Gasteiger partial charge < -0.3 is 21.7 Å². The number of piperidine rings is 1. The molecule has 1 amide bonds. The number of benzene rings is 1. The zero-order valence-electron chi connectivity index (χ0n) is 22.8. The molecule has 1 aliphatic rings. The predicted molar refractivity (Wildman–Crippen MR) is 153 cm³/mol. The summed E-state index contributed by atoms with van der Waals surface area (Å²) in [6.07, 6.45) is 4.17. The average Bonchev–Trinajstić information content (AvgIpc) is 2.83. The van der Waals surface area contributed by atoms with Crippen LogP contribution >= 0.6 is 11.8 Å². The van der Waals surface area contributed by atoms with E-state index in [1.54, 1.807) is 13.0 Å². The minimum atomic E-state index is -0.0178. The highest BCUT2D eigenvalue weighted by molar-refractivity contribution is 7.99. The number of carbonyl (C=O) groups is 1. The third-order valence-electron chi connectivity index (χ3n) is 6.36. The van der Waals surface area contributed by atoms with Gasteiger partial charge in [-0.25, -0.2) is 15.0 Å². The molecule has 2 heterocycles. The summed E-state index contributed by atoms with van der Waals surface area (Å²) >= 11 is 1.44. The van der Waals surface area contributed by atoms with Crippen LogP contribution in [0.4, 0.5) is 17.3 Å². The molecule has 1 saturated heterocycles. The van der Waals surface area contributed by atoms with Gasteiger partial charge in [0, 0.05) is 53.4 Å². The number of aliphatic imine (C=N–C) groups is 1. The smallest absolute Gasteiger partial charge is 0.224 e. The van der Waals surface area contributed by atoms with Gasteiger partial charge in [0.2, 0.25) is 5.91 Å². The number of hydrogen-bond acceptors (Lipinski definition) is 8. The van der Waals surface area contributed by atoms with E-state index >= 15 is 0 Å². The number of aromatic nitrogens is 2. The molecule has 0 bridgehead atoms. The summed E-state index contributed by atoms with van der Waals surface area (Å²) in [6, 6.07) is 10.1. The number of nitrogens with two attached hydrogens (primary N) is 2. The van der Waals surface area contributed by atoms with Crippen LogP contribution in [-0.2, 0) is 4.79 Å². The molecule has 2 aromatic rings. The van der Waals surface area contributed by atoms with Crippen LogP contribution in [0.3, 0.4) is 0 Å². The maximum Gasteiger partial charge on any atom is 0.224 e. The molecular formula is C27H40N8OS. The first-order valence-electron chi connectivity index (χ1n) is 12.7. The number of rotatable bonds is 8. The van der Waals surface area contributed by atoms with Gasteiger partial charge in [-0.1, -0.05) is 6.92 Å². The molecule has 0 saturated carbocycles. The summed E-state index contributed by atoms with van der Waals surface area (Å²) in [5, 5.41) is 3.45. The number of amides is 1. The normalized spacial score (nSPS) is 15.8. The summed E-state index contributed by atoms with van der Waals surface area (Å²) in [5.41, 5.74) is 13.3. The molecule has 5 N–H and O–H groups in total. The van der Waals surface area contributed by atoms with Gasteiger partial charge in [0.25, 0.3) is 0 Å². The summed E-state index contributed by atoms with van der Waals surface area (Å²) in [6.45, 7) is 12.2. The van der Waals surface area contributed by atoms with E-state index in [4.69, 9.17) is 16.5 Å². The summed E-state index contributed by atoms with van der Waals surface area (Å²) in [7, 11) is 2.21. The van der Waals surface area contributed by atoms with Crippen molar-refractivity contribution in [2.45, 2.75) is 75.5 Å². The van der Waals surface area contributed by atoms with Gasteiger partial charge in [-0.15, -0.1) is 0 Å². The lowest BCUT2D eigenvalue weighted by atomic mass is 9.97. The molecule has 1 aliphatic heterocycles. The first kappa shape index (κ1) is 28.5. The zero-order chi connectivity index (χ0) is 27.2. The van der Waals surface area contributed by atoms with E-state index in [1.807, 2.05) is 37.3 Å². The first-order valence-corrected chi connectivity index (χ1v) is 13.5. The molecule has 3 rings (SSSR count). The Hall–Kier alpha value is -3.11. The Kier molecular flexibility index (Phi) is 9.56. The van der Waals surface area contributed by atoms with E-state index in [0.29, 0.717) is 35.0 Å². The molecule has 200 valence electrons. The van der Waals surface area contributed by atoms with Crippen molar-refractivity contribution in [3.63, 3.8) is 0 Å². The molecule has 1 aromatic heterocycles. The Morgan fingerprint density at radius 2 is 1.86 bits per heavy atom. The van der Waals surface area contributed by atoms with Crippen LogP contribution in [0.2, 0.25) is 0 Å². The maximum atomic E-state index is 11.7. The highest BCUT2D eigenvalue weighted by Crippen LogP contribution is 2.31. The highest BCUT2D eigenvalue weighted by atomic mass is 32.2. The van der Waals surface area contributed by atoms with Crippen molar-refractivity contribution >= 4 is 40.8 Å². The van der Waals surface area contributed by atoms with Crippen LogP contribution in [0, 0.1) is 0 Å². The molecule has 0 aliphatic carbocycles. The molecule has 37 heavy (non-hydrogen) atoms. The standard InChI is InChI=1S/C27H40N8OS/c1-7-25(36)30-19-8-10-21(11-9-19)37-26-32-23(31-22(29)16-18(2)28)17-24(33-26)35-14-12-20(13-15-35)34(6)27(3,4)5/h8-11,16-17,20H,7,12-15,28H2,1-6H3,(H,30,36)(H2,29,31,32,33). The number of amidine groups is 1. The van der Waals surface area contributed by atoms with Crippen LogP contribution in [0.1, 0.15) is 53.9 Å². The molecule has 1 fully saturated rings. The Morgan fingerprint density at radius 1 is 1.22 bits per heavy atom. The van der Waals surface area contributed by atoms with Gasteiger partial charge in [-0.05, 0) is 89.7 Å². The van der Waals surface area contributed by atoms with E-state index in [1.165, 1.54) is 11.8 Å². The van der Waals surface area contributed by atoms with Gasteiger partial charge in [-0.2, -0.15) is 0 Å². The molecular weight excluding hydrogens is 484 g/mol. The summed E-state index contributed by atoms with van der Waals surface area (Å²) < 4.78 is 0. The number of nitrogens with one attached hydrogen (secondary N) is 1. The minimum Gasteiger partial charge on any atom is -0.402 e. The average molecular weight is 525 g/mol. The number of carbonyl (C=O) groups excluding carboxylic acids is 1. The summed E-state index contributed by atoms with van der Waals surface area (Å²) in [4.78, 5) is 31.4. The molecule has 0 atom stereocenters. The Bertz CT molecular complexity index is 1130.